The fourth-order valence-electron chi connectivity index (χ4n) is 1.46. The molecule has 0 heterocycles. The molecule has 6 heteroatoms. The van der Waals surface area contributed by atoms with Crippen molar-refractivity contribution in [3.05, 3.63) is 28.7 Å². The minimum Gasteiger partial charge on any atom is -0.480 e. The Balaban J connectivity index is 2.42. The fourth-order valence-corrected chi connectivity index (χ4v) is 2.44. The zero-order valence-corrected chi connectivity index (χ0v) is 13.0. The molecule has 2 N–H and O–H groups in total. The van der Waals surface area contributed by atoms with E-state index in [9.17, 15) is 9.59 Å². The molecule has 104 valence electrons. The number of thioether (sulfide) groups is 1. The predicted octanol–water partition coefficient (Wildman–Crippen LogP) is 2.91. The van der Waals surface area contributed by atoms with Gasteiger partial charge in [-0.3, -0.25) is 4.79 Å². The Hall–Kier alpha value is -1.01. The molecule has 0 aliphatic rings. The van der Waals surface area contributed by atoms with Crippen molar-refractivity contribution in [3.63, 3.8) is 0 Å². The van der Waals surface area contributed by atoms with E-state index in [4.69, 9.17) is 5.11 Å². The topological polar surface area (TPSA) is 66.4 Å². The maximum atomic E-state index is 11.7. The molecule has 1 atom stereocenters. The van der Waals surface area contributed by atoms with E-state index < -0.39 is 12.0 Å². The monoisotopic (exact) mass is 345 g/mol. The highest BCUT2D eigenvalue weighted by Crippen LogP contribution is 2.20. The van der Waals surface area contributed by atoms with Crippen LogP contribution in [-0.4, -0.2) is 28.8 Å². The van der Waals surface area contributed by atoms with Crippen LogP contribution in [-0.2, 0) is 9.59 Å². The summed E-state index contributed by atoms with van der Waals surface area (Å²) in [5.41, 5.74) is 0. The van der Waals surface area contributed by atoms with Crippen molar-refractivity contribution in [2.45, 2.75) is 30.7 Å². The largest absolute Gasteiger partial charge is 0.480 e. The quantitative estimate of drug-likeness (QED) is 0.745. The van der Waals surface area contributed by atoms with E-state index in [-0.39, 0.29) is 11.7 Å². The summed E-state index contributed by atoms with van der Waals surface area (Å²) in [6.07, 6.45) is 1.17. The smallest absolute Gasteiger partial charge is 0.326 e. The lowest BCUT2D eigenvalue weighted by molar-refractivity contribution is -0.141. The molecule has 1 rings (SSSR count). The van der Waals surface area contributed by atoms with Gasteiger partial charge in [0.05, 0.1) is 5.75 Å². The first-order valence-electron chi connectivity index (χ1n) is 5.93. The highest BCUT2D eigenvalue weighted by Gasteiger charge is 2.18. The maximum absolute atomic E-state index is 11.7. The first-order valence-corrected chi connectivity index (χ1v) is 7.71. The number of rotatable bonds is 7. The van der Waals surface area contributed by atoms with E-state index in [0.717, 1.165) is 15.8 Å². The van der Waals surface area contributed by atoms with Gasteiger partial charge < -0.3 is 10.4 Å². The molecule has 1 aromatic rings. The van der Waals surface area contributed by atoms with Crippen LogP contribution in [0.2, 0.25) is 0 Å². The van der Waals surface area contributed by atoms with Gasteiger partial charge in [0.25, 0.3) is 0 Å². The van der Waals surface area contributed by atoms with Crippen molar-refractivity contribution in [2.75, 3.05) is 5.75 Å². The highest BCUT2D eigenvalue weighted by atomic mass is 79.9. The molecule has 0 saturated carbocycles. The Morgan fingerprint density at radius 3 is 2.53 bits per heavy atom. The highest BCUT2D eigenvalue weighted by molar-refractivity contribution is 9.10. The van der Waals surface area contributed by atoms with E-state index in [1.54, 1.807) is 0 Å². The fraction of sp³-hybridized carbons (Fsp3) is 0.385. The summed E-state index contributed by atoms with van der Waals surface area (Å²) in [6.45, 7) is 1.89. The van der Waals surface area contributed by atoms with Gasteiger partial charge in [0.2, 0.25) is 5.91 Å². The number of hydrogen-bond donors (Lipinski definition) is 2. The predicted molar refractivity (Wildman–Crippen MR) is 79.3 cm³/mol. The number of nitrogens with one attached hydrogen (secondary N) is 1. The Morgan fingerprint density at radius 1 is 1.37 bits per heavy atom. The van der Waals surface area contributed by atoms with Crippen molar-refractivity contribution in [1.82, 2.24) is 5.32 Å². The van der Waals surface area contributed by atoms with Gasteiger partial charge >= 0.3 is 5.97 Å². The molecule has 0 bridgehead atoms. The van der Waals surface area contributed by atoms with Crippen molar-refractivity contribution in [2.24, 2.45) is 0 Å². The lowest BCUT2D eigenvalue weighted by atomic mass is 10.2. The number of carboxylic acids is 1. The Morgan fingerprint density at radius 2 is 2.00 bits per heavy atom. The molecule has 0 aliphatic heterocycles. The van der Waals surface area contributed by atoms with E-state index in [2.05, 4.69) is 21.2 Å². The minimum atomic E-state index is -0.983. The molecule has 4 nitrogen and oxygen atoms in total. The van der Waals surface area contributed by atoms with E-state index in [1.807, 2.05) is 31.2 Å². The van der Waals surface area contributed by atoms with E-state index in [1.165, 1.54) is 11.8 Å². The number of amides is 1. The average molecular weight is 346 g/mol. The lowest BCUT2D eigenvalue weighted by Gasteiger charge is -2.13. The van der Waals surface area contributed by atoms with Crippen LogP contribution < -0.4 is 5.32 Å². The van der Waals surface area contributed by atoms with Crippen molar-refractivity contribution < 1.29 is 14.7 Å². The number of carbonyl (C=O) groups excluding carboxylic acids is 1. The summed E-state index contributed by atoms with van der Waals surface area (Å²) in [5.74, 6) is -1.02. The molecule has 0 fully saturated rings. The Kier molecular flexibility index (Phi) is 6.94. The number of carboxylic acid groups (broad SMARTS) is 1. The molecule has 1 amide bonds. The second-order valence-corrected chi connectivity index (χ2v) is 5.95. The summed E-state index contributed by atoms with van der Waals surface area (Å²) in [6, 6.07) is 6.82. The zero-order valence-electron chi connectivity index (χ0n) is 10.6. The normalized spacial score (nSPS) is 11.9. The lowest BCUT2D eigenvalue weighted by Crippen LogP contribution is -2.41. The maximum Gasteiger partial charge on any atom is 0.326 e. The first kappa shape index (κ1) is 16.0. The molecule has 19 heavy (non-hydrogen) atoms. The summed E-state index contributed by atoms with van der Waals surface area (Å²) in [5, 5.41) is 11.5. The molecule has 0 spiro atoms. The van der Waals surface area contributed by atoms with Crippen LogP contribution in [0.25, 0.3) is 0 Å². The molecular weight excluding hydrogens is 330 g/mol. The van der Waals surface area contributed by atoms with Gasteiger partial charge in [-0.1, -0.05) is 29.3 Å². The number of hydrogen-bond acceptors (Lipinski definition) is 3. The van der Waals surface area contributed by atoms with Gasteiger partial charge in [-0.05, 0) is 30.7 Å². The van der Waals surface area contributed by atoms with Crippen molar-refractivity contribution >= 4 is 39.6 Å². The third kappa shape index (κ3) is 6.11. The van der Waals surface area contributed by atoms with Crippen LogP contribution in [0, 0.1) is 0 Å². The Labute approximate surface area is 125 Å². The summed E-state index contributed by atoms with van der Waals surface area (Å²) in [7, 11) is 0. The van der Waals surface area contributed by atoms with Crippen LogP contribution in [0.3, 0.4) is 0 Å². The van der Waals surface area contributed by atoms with Crippen LogP contribution >= 0.6 is 27.7 Å². The molecule has 0 saturated heterocycles. The van der Waals surface area contributed by atoms with Gasteiger partial charge in [0.1, 0.15) is 6.04 Å². The average Bonchev–Trinajstić information content (AvgIpc) is 2.37. The minimum absolute atomic E-state index is 0.217. The molecule has 0 aromatic heterocycles. The molecular formula is C13H16BrNO3S. The molecule has 0 radical (unpaired) electrons. The zero-order chi connectivity index (χ0) is 14.3. The van der Waals surface area contributed by atoms with Crippen molar-refractivity contribution in [3.8, 4) is 0 Å². The van der Waals surface area contributed by atoms with E-state index >= 15 is 0 Å². The van der Waals surface area contributed by atoms with Gasteiger partial charge in [-0.25, -0.2) is 4.79 Å². The van der Waals surface area contributed by atoms with Gasteiger partial charge in [-0.15, -0.1) is 11.8 Å². The molecule has 0 unspecified atom stereocenters. The summed E-state index contributed by atoms with van der Waals surface area (Å²) < 4.78 is 0.982. The van der Waals surface area contributed by atoms with Crippen molar-refractivity contribution in [1.29, 1.82) is 0 Å². The second-order valence-electron chi connectivity index (χ2n) is 3.99. The standard InChI is InChI=1S/C13H16BrNO3S/c1-2-3-11(13(17)18)15-12(16)8-19-10-6-4-9(14)5-7-10/h4-7,11H,2-3,8H2,1H3,(H,15,16)(H,17,18)/t11-/m1/s1. The van der Waals surface area contributed by atoms with Gasteiger partial charge in [0.15, 0.2) is 0 Å². The SMILES string of the molecule is CCC[C@@H](NC(=O)CSc1ccc(Br)cc1)C(=O)O. The second kappa shape index (κ2) is 8.22. The molecule has 1 aromatic carbocycles. The molecule has 0 aliphatic carbocycles. The number of aliphatic carboxylic acids is 1. The van der Waals surface area contributed by atoms with Gasteiger partial charge in [-0.2, -0.15) is 0 Å². The van der Waals surface area contributed by atoms with Crippen LogP contribution in [0.1, 0.15) is 19.8 Å². The number of halogens is 1. The summed E-state index contributed by atoms with van der Waals surface area (Å²) in [4.78, 5) is 23.6. The van der Waals surface area contributed by atoms with Crippen LogP contribution in [0.15, 0.2) is 33.6 Å². The third-order valence-electron chi connectivity index (χ3n) is 2.39. The summed E-state index contributed by atoms with van der Waals surface area (Å²) >= 11 is 4.72. The van der Waals surface area contributed by atoms with Gasteiger partial charge in [0, 0.05) is 9.37 Å². The van der Waals surface area contributed by atoms with E-state index in [0.29, 0.717) is 6.42 Å². The third-order valence-corrected chi connectivity index (χ3v) is 3.93. The number of benzene rings is 1. The first-order chi connectivity index (χ1) is 9.02. The number of carbonyl (C=O) groups is 2. The van der Waals surface area contributed by atoms with Crippen LogP contribution in [0.4, 0.5) is 0 Å². The van der Waals surface area contributed by atoms with Crippen LogP contribution in [0.5, 0.6) is 0 Å². The Bertz CT molecular complexity index is 436.